The summed E-state index contributed by atoms with van der Waals surface area (Å²) in [4.78, 5) is 0. The Hall–Kier alpha value is -1.13. The molecule has 0 fully saturated rings. The van der Waals surface area contributed by atoms with E-state index in [-0.39, 0.29) is 0 Å². The molecule has 0 saturated heterocycles. The summed E-state index contributed by atoms with van der Waals surface area (Å²) in [7, 11) is 0. The van der Waals surface area contributed by atoms with Crippen molar-refractivity contribution >= 4 is 11.6 Å². The lowest BCUT2D eigenvalue weighted by Gasteiger charge is -1.94. The first-order valence-electron chi connectivity index (χ1n) is 3.50. The summed E-state index contributed by atoms with van der Waals surface area (Å²) in [5.74, 6) is 2.39. The van der Waals surface area contributed by atoms with Crippen molar-refractivity contribution < 1.29 is 0 Å². The van der Waals surface area contributed by atoms with Crippen molar-refractivity contribution in [2.75, 3.05) is 0 Å². The maximum atomic E-state index is 5.78. The first kappa shape index (κ1) is 10.9. The van der Waals surface area contributed by atoms with E-state index in [4.69, 9.17) is 23.8 Å². The molecule has 0 bridgehead atoms. The van der Waals surface area contributed by atoms with Gasteiger partial charge in [-0.25, -0.2) is 0 Å². The molecule has 64 valence electrons. The molecule has 0 saturated carbocycles. The quantitative estimate of drug-likeness (QED) is 0.514. The van der Waals surface area contributed by atoms with Crippen LogP contribution in [0.25, 0.3) is 0 Å². The van der Waals surface area contributed by atoms with Crippen LogP contribution in [0.5, 0.6) is 0 Å². The molecule has 0 aromatic heterocycles. The van der Waals surface area contributed by atoms with Crippen molar-refractivity contribution in [3.8, 4) is 12.3 Å². The first-order valence-corrected chi connectivity index (χ1v) is 3.88. The number of rotatable bonds is 2. The molecule has 0 aromatic carbocycles. The van der Waals surface area contributed by atoms with Gasteiger partial charge in [0.2, 0.25) is 0 Å². The number of halogens is 1. The zero-order valence-corrected chi connectivity index (χ0v) is 8.02. The summed E-state index contributed by atoms with van der Waals surface area (Å²) >= 11 is 5.78. The van der Waals surface area contributed by atoms with Crippen LogP contribution in [0, 0.1) is 12.3 Å². The molecule has 0 unspecified atom stereocenters. The molecule has 0 heterocycles. The summed E-state index contributed by atoms with van der Waals surface area (Å²) in [6.07, 6.45) is 10.2. The lowest BCUT2D eigenvalue weighted by atomic mass is 10.2. The van der Waals surface area contributed by atoms with E-state index < -0.39 is 0 Å². The molecule has 0 aliphatic heterocycles. The molecule has 0 aliphatic rings. The molecule has 0 aromatic rings. The van der Waals surface area contributed by atoms with Gasteiger partial charge in [0.05, 0.1) is 5.03 Å². The lowest BCUT2D eigenvalue weighted by Crippen LogP contribution is -1.92. The fourth-order valence-corrected chi connectivity index (χ4v) is 0.713. The van der Waals surface area contributed by atoms with E-state index in [0.717, 1.165) is 5.57 Å². The zero-order valence-electron chi connectivity index (χ0n) is 7.26. The fourth-order valence-electron chi connectivity index (χ4n) is 0.541. The van der Waals surface area contributed by atoms with Crippen LogP contribution < -0.4 is 5.73 Å². The molecule has 0 atom stereocenters. The second-order valence-corrected chi connectivity index (χ2v) is 2.83. The Bertz CT molecular complexity index is 273. The second kappa shape index (κ2) is 5.51. The van der Waals surface area contributed by atoms with Gasteiger partial charge in [0, 0.05) is 5.70 Å². The molecule has 0 rings (SSSR count). The van der Waals surface area contributed by atoms with Crippen LogP contribution in [0.1, 0.15) is 13.8 Å². The van der Waals surface area contributed by atoms with Gasteiger partial charge < -0.3 is 5.73 Å². The summed E-state index contributed by atoms with van der Waals surface area (Å²) in [5.41, 5.74) is 7.03. The first-order chi connectivity index (χ1) is 5.57. The van der Waals surface area contributed by atoms with Gasteiger partial charge in [0.15, 0.2) is 0 Å². The van der Waals surface area contributed by atoms with E-state index in [1.54, 1.807) is 25.2 Å². The molecular weight excluding hydrogens is 170 g/mol. The Morgan fingerprint density at radius 2 is 2.08 bits per heavy atom. The Morgan fingerprint density at radius 3 is 2.50 bits per heavy atom. The molecule has 0 aliphatic carbocycles. The summed E-state index contributed by atoms with van der Waals surface area (Å²) < 4.78 is 0. The van der Waals surface area contributed by atoms with Gasteiger partial charge in [-0.1, -0.05) is 23.6 Å². The van der Waals surface area contributed by atoms with Gasteiger partial charge in [0.25, 0.3) is 0 Å². The minimum Gasteiger partial charge on any atom is -0.401 e. The van der Waals surface area contributed by atoms with E-state index in [1.807, 2.05) is 6.92 Å². The van der Waals surface area contributed by atoms with Crippen LogP contribution in [0.15, 0.2) is 34.5 Å². The molecular formula is C10H12ClN. The van der Waals surface area contributed by atoms with E-state index in [2.05, 4.69) is 5.92 Å². The van der Waals surface area contributed by atoms with Crippen LogP contribution in [-0.2, 0) is 0 Å². The van der Waals surface area contributed by atoms with Crippen molar-refractivity contribution in [3.63, 3.8) is 0 Å². The van der Waals surface area contributed by atoms with Crippen LogP contribution >= 0.6 is 11.6 Å². The summed E-state index contributed by atoms with van der Waals surface area (Å²) in [5, 5.41) is 0.550. The predicted molar refractivity (Wildman–Crippen MR) is 54.5 cm³/mol. The average Bonchev–Trinajstić information content (AvgIpc) is 2.00. The van der Waals surface area contributed by atoms with Gasteiger partial charge in [-0.3, -0.25) is 0 Å². The topological polar surface area (TPSA) is 26.0 Å². The highest BCUT2D eigenvalue weighted by molar-refractivity contribution is 6.31. The number of nitrogens with two attached hydrogens (primary N) is 1. The highest BCUT2D eigenvalue weighted by Crippen LogP contribution is 2.10. The predicted octanol–water partition coefficient (Wildman–Crippen LogP) is 2.55. The minimum atomic E-state index is 0.550. The zero-order chi connectivity index (χ0) is 9.56. The standard InChI is InChI=1S/C10H12ClN/c1-4-5-6-8(2)7-10(11)9(3)12/h1,5-7H,12H2,2-3H3/b6-5+,8-7-,10-9-. The van der Waals surface area contributed by atoms with Crippen molar-refractivity contribution in [2.45, 2.75) is 13.8 Å². The SMILES string of the molecule is C#C/C=C/C(C)=C\C(Cl)=C(/C)N. The smallest absolute Gasteiger partial charge is 0.0592 e. The number of allylic oxidation sites excluding steroid dienone is 6. The Balaban J connectivity index is 4.50. The number of hydrogen-bond acceptors (Lipinski definition) is 1. The molecule has 0 radical (unpaired) electrons. The lowest BCUT2D eigenvalue weighted by molar-refractivity contribution is 1.29. The third-order valence-corrected chi connectivity index (χ3v) is 1.58. The van der Waals surface area contributed by atoms with Crippen LogP contribution in [-0.4, -0.2) is 0 Å². The normalized spacial score (nSPS) is 14.3. The van der Waals surface area contributed by atoms with Crippen molar-refractivity contribution in [1.82, 2.24) is 0 Å². The van der Waals surface area contributed by atoms with Crippen LogP contribution in [0.4, 0.5) is 0 Å². The van der Waals surface area contributed by atoms with Gasteiger partial charge in [0.1, 0.15) is 0 Å². The average molecular weight is 182 g/mol. The summed E-state index contributed by atoms with van der Waals surface area (Å²) in [6.45, 7) is 3.65. The molecule has 0 amide bonds. The van der Waals surface area contributed by atoms with Crippen molar-refractivity contribution in [2.24, 2.45) is 5.73 Å². The van der Waals surface area contributed by atoms with E-state index in [9.17, 15) is 0 Å². The number of terminal acetylenes is 1. The Morgan fingerprint density at radius 1 is 1.50 bits per heavy atom. The third kappa shape index (κ3) is 4.65. The molecule has 12 heavy (non-hydrogen) atoms. The molecule has 2 N–H and O–H groups in total. The van der Waals surface area contributed by atoms with Gasteiger partial charge in [-0.05, 0) is 31.6 Å². The Kier molecular flexibility index (Phi) is 4.99. The largest absolute Gasteiger partial charge is 0.401 e. The Labute approximate surface area is 78.6 Å². The third-order valence-electron chi connectivity index (χ3n) is 1.17. The molecule has 0 spiro atoms. The highest BCUT2D eigenvalue weighted by Gasteiger charge is 1.90. The second-order valence-electron chi connectivity index (χ2n) is 2.42. The molecule has 2 heteroatoms. The van der Waals surface area contributed by atoms with Gasteiger partial charge >= 0.3 is 0 Å². The number of hydrogen-bond donors (Lipinski definition) is 1. The van der Waals surface area contributed by atoms with E-state index in [0.29, 0.717) is 10.7 Å². The van der Waals surface area contributed by atoms with E-state index >= 15 is 0 Å². The summed E-state index contributed by atoms with van der Waals surface area (Å²) in [6, 6.07) is 0. The van der Waals surface area contributed by atoms with Crippen molar-refractivity contribution in [1.29, 1.82) is 0 Å². The maximum Gasteiger partial charge on any atom is 0.0592 e. The minimum absolute atomic E-state index is 0.550. The van der Waals surface area contributed by atoms with Gasteiger partial charge in [-0.2, -0.15) is 0 Å². The molecule has 1 nitrogen and oxygen atoms in total. The van der Waals surface area contributed by atoms with Gasteiger partial charge in [-0.15, -0.1) is 6.42 Å². The maximum absolute atomic E-state index is 5.78. The van der Waals surface area contributed by atoms with Crippen molar-refractivity contribution in [3.05, 3.63) is 34.5 Å². The monoisotopic (exact) mass is 181 g/mol. The van der Waals surface area contributed by atoms with Crippen LogP contribution in [0.2, 0.25) is 0 Å². The fraction of sp³-hybridized carbons (Fsp3) is 0.200. The van der Waals surface area contributed by atoms with E-state index in [1.165, 1.54) is 0 Å². The van der Waals surface area contributed by atoms with Crippen LogP contribution in [0.3, 0.4) is 0 Å². The highest BCUT2D eigenvalue weighted by atomic mass is 35.5.